The molecule has 1 aliphatic rings. The van der Waals surface area contributed by atoms with E-state index in [1.807, 2.05) is 41.9 Å². The summed E-state index contributed by atoms with van der Waals surface area (Å²) in [5.74, 6) is -0.151. The molecular weight excluding hydrogens is 200 g/mol. The molecule has 3 nitrogen and oxygen atoms in total. The molecule has 16 heavy (non-hydrogen) atoms. The van der Waals surface area contributed by atoms with Crippen LogP contribution in [-0.4, -0.2) is 10.8 Å². The Kier molecular flexibility index (Phi) is 3.17. The first kappa shape index (κ1) is 10.6. The molecule has 1 aromatic carbocycles. The smallest absolute Gasteiger partial charge is 0.342 e. The van der Waals surface area contributed by atoms with Crippen molar-refractivity contribution in [3.8, 4) is 0 Å². The third-order valence-corrected chi connectivity index (χ3v) is 2.39. The molecule has 0 saturated heterocycles. The van der Waals surface area contributed by atoms with Crippen molar-refractivity contribution in [3.63, 3.8) is 0 Å². The molecule has 3 heteroatoms. The average molecular weight is 214 g/mol. The standard InChI is InChI=1S/C13H13N2O/c14-13(16)12-7-4-8-15(10-12)9-11-5-2-1-3-6-11/h1-8,10H,9H2,(H2,14,16)/p+1. The lowest BCUT2D eigenvalue weighted by atomic mass is 10.1. The summed E-state index contributed by atoms with van der Waals surface area (Å²) in [6, 6.07) is 10.1. The van der Waals surface area contributed by atoms with Crippen molar-refractivity contribution in [1.29, 1.82) is 0 Å². The molecule has 0 fully saturated rings. The quantitative estimate of drug-likeness (QED) is 0.811. The highest BCUT2D eigenvalue weighted by atomic mass is 16.1. The third kappa shape index (κ3) is 2.58. The number of quaternary nitrogens is 1. The summed E-state index contributed by atoms with van der Waals surface area (Å²) in [5, 5.41) is 0. The summed E-state index contributed by atoms with van der Waals surface area (Å²) in [5.41, 5.74) is 5.25. The zero-order valence-electron chi connectivity index (χ0n) is 8.97. The van der Waals surface area contributed by atoms with Gasteiger partial charge in [0.2, 0.25) is 0 Å². The summed E-state index contributed by atoms with van der Waals surface area (Å²) in [6.07, 6.45) is 5.46. The van der Waals surface area contributed by atoms with Crippen LogP contribution in [-0.2, 0) is 11.3 Å². The second-order valence-corrected chi connectivity index (χ2v) is 3.67. The maximum absolute atomic E-state index is 11.1. The van der Waals surface area contributed by atoms with Crippen molar-refractivity contribution < 1.29 is 10.5 Å². The van der Waals surface area contributed by atoms with Gasteiger partial charge < -0.3 is 4.90 Å². The average Bonchev–Trinajstić information content (AvgIpc) is 2.30. The molecule has 1 aromatic rings. The zero-order valence-corrected chi connectivity index (χ0v) is 8.97. The maximum atomic E-state index is 11.1. The molecule has 3 N–H and O–H groups in total. The first-order valence-electron chi connectivity index (χ1n) is 5.15. The molecule has 0 spiro atoms. The van der Waals surface area contributed by atoms with Gasteiger partial charge in [0, 0.05) is 12.7 Å². The molecule has 1 amide bonds. The minimum absolute atomic E-state index is 0.151. The van der Waals surface area contributed by atoms with Crippen molar-refractivity contribution in [2.24, 2.45) is 0 Å². The van der Waals surface area contributed by atoms with Gasteiger partial charge in [0.05, 0.1) is 12.1 Å². The molecule has 1 heterocycles. The van der Waals surface area contributed by atoms with Crippen LogP contribution in [0.3, 0.4) is 0 Å². The summed E-state index contributed by atoms with van der Waals surface area (Å²) >= 11 is 0. The minimum Gasteiger partial charge on any atom is -0.363 e. The Bertz CT molecular complexity index is 435. The molecule has 2 rings (SSSR count). The first-order chi connectivity index (χ1) is 7.75. The monoisotopic (exact) mass is 214 g/mol. The number of rotatable bonds is 3. The van der Waals surface area contributed by atoms with Gasteiger partial charge in [-0.2, -0.15) is 0 Å². The Hall–Kier alpha value is -1.87. The van der Waals surface area contributed by atoms with Gasteiger partial charge in [-0.05, 0) is 11.6 Å². The van der Waals surface area contributed by atoms with E-state index in [9.17, 15) is 4.79 Å². The molecule has 0 saturated carbocycles. The molecule has 1 radical (unpaired) electrons. The number of carbonyl (C=O) groups excluding carboxylic acids is 1. The van der Waals surface area contributed by atoms with Gasteiger partial charge in [-0.25, -0.2) is 4.79 Å². The fourth-order valence-electron chi connectivity index (χ4n) is 1.58. The Labute approximate surface area is 94.9 Å². The van der Waals surface area contributed by atoms with Crippen LogP contribution in [0, 0.1) is 6.54 Å². The van der Waals surface area contributed by atoms with E-state index in [1.165, 1.54) is 5.56 Å². The molecule has 0 unspecified atom stereocenters. The fourth-order valence-corrected chi connectivity index (χ4v) is 1.58. The van der Waals surface area contributed by atoms with E-state index in [0.29, 0.717) is 5.57 Å². The van der Waals surface area contributed by atoms with Crippen molar-refractivity contribution in [2.75, 3.05) is 0 Å². The van der Waals surface area contributed by atoms with Gasteiger partial charge in [0.25, 0.3) is 0 Å². The van der Waals surface area contributed by atoms with Gasteiger partial charge in [0.15, 0.2) is 0 Å². The predicted octanol–water partition coefficient (Wildman–Crippen LogP) is 0.873. The van der Waals surface area contributed by atoms with Gasteiger partial charge in [-0.1, -0.05) is 36.4 Å². The lowest BCUT2D eigenvalue weighted by Gasteiger charge is -2.21. The molecule has 0 atom stereocenters. The second-order valence-electron chi connectivity index (χ2n) is 3.67. The minimum atomic E-state index is -0.151. The lowest BCUT2D eigenvalue weighted by molar-refractivity contribution is -0.298. The molecule has 1 aliphatic heterocycles. The van der Waals surface area contributed by atoms with E-state index >= 15 is 0 Å². The fraction of sp³-hybridized carbons (Fsp3) is 0.0769. The van der Waals surface area contributed by atoms with Crippen LogP contribution < -0.4 is 5.73 Å². The van der Waals surface area contributed by atoms with Crippen LogP contribution in [0.4, 0.5) is 0 Å². The molecular formula is C13H14N2O+. The van der Waals surface area contributed by atoms with Crippen LogP contribution in [0.2, 0.25) is 0 Å². The number of hydrogen-bond donors (Lipinski definition) is 1. The molecule has 81 valence electrons. The van der Waals surface area contributed by atoms with E-state index in [0.717, 1.165) is 6.54 Å². The highest BCUT2D eigenvalue weighted by Crippen LogP contribution is 2.13. The topological polar surface area (TPSA) is 48.0 Å². The number of carbonyl (C=O) groups is 1. The van der Waals surface area contributed by atoms with E-state index in [1.54, 1.807) is 6.08 Å². The second kappa shape index (κ2) is 4.77. The number of benzene rings is 1. The number of amides is 1. The van der Waals surface area contributed by atoms with Crippen LogP contribution in [0.15, 0.2) is 54.3 Å². The zero-order chi connectivity index (χ0) is 11.4. The van der Waals surface area contributed by atoms with Gasteiger partial charge >= 0.3 is 5.91 Å². The van der Waals surface area contributed by atoms with Crippen molar-refractivity contribution in [3.05, 3.63) is 66.4 Å². The third-order valence-electron chi connectivity index (χ3n) is 2.39. The summed E-state index contributed by atoms with van der Waals surface area (Å²) in [7, 11) is 0. The first-order valence-corrected chi connectivity index (χ1v) is 5.15. The van der Waals surface area contributed by atoms with Gasteiger partial charge in [0.1, 0.15) is 0 Å². The summed E-state index contributed by atoms with van der Waals surface area (Å²) in [6.45, 7) is 2.71. The Balaban J connectivity index is 2.07. The van der Waals surface area contributed by atoms with Crippen LogP contribution in [0.1, 0.15) is 5.56 Å². The van der Waals surface area contributed by atoms with Crippen LogP contribution in [0.25, 0.3) is 0 Å². The highest BCUT2D eigenvalue weighted by Gasteiger charge is 2.11. The van der Waals surface area contributed by atoms with E-state index in [2.05, 4.69) is 17.9 Å². The van der Waals surface area contributed by atoms with Crippen LogP contribution >= 0.6 is 0 Å². The van der Waals surface area contributed by atoms with Crippen molar-refractivity contribution >= 4 is 5.91 Å². The normalized spacial score (nSPS) is 14.8. The number of hydrogen-bond acceptors (Lipinski definition) is 2. The Morgan fingerprint density at radius 2 is 2.00 bits per heavy atom. The van der Waals surface area contributed by atoms with E-state index in [-0.39, 0.29) is 5.91 Å². The Morgan fingerprint density at radius 3 is 2.69 bits per heavy atom. The van der Waals surface area contributed by atoms with Crippen molar-refractivity contribution in [1.82, 2.24) is 4.90 Å². The molecule has 0 aromatic heterocycles. The lowest BCUT2D eigenvalue weighted by Crippen LogP contribution is -2.57. The predicted molar refractivity (Wildman–Crippen MR) is 61.4 cm³/mol. The van der Waals surface area contributed by atoms with Crippen molar-refractivity contribution in [2.45, 2.75) is 6.54 Å². The van der Waals surface area contributed by atoms with E-state index in [4.69, 9.17) is 0 Å². The highest BCUT2D eigenvalue weighted by molar-refractivity contribution is 5.88. The number of nitrogens with zero attached hydrogens (tertiary/aromatic N) is 1. The SMILES string of the molecule is [NH3+]C(=O)C1=CN(Cc2ccccc2)[CH]C=C1. The summed E-state index contributed by atoms with van der Waals surface area (Å²) in [4.78, 5) is 13.1. The molecule has 0 bridgehead atoms. The van der Waals surface area contributed by atoms with Gasteiger partial charge in [-0.15, -0.1) is 0 Å². The maximum Gasteiger partial charge on any atom is 0.342 e. The van der Waals surface area contributed by atoms with E-state index < -0.39 is 0 Å². The largest absolute Gasteiger partial charge is 0.363 e. The molecule has 0 aliphatic carbocycles. The summed E-state index contributed by atoms with van der Waals surface area (Å²) < 4.78 is 0. The van der Waals surface area contributed by atoms with Gasteiger partial charge in [-0.3, -0.25) is 5.73 Å². The Morgan fingerprint density at radius 1 is 1.25 bits per heavy atom. The van der Waals surface area contributed by atoms with Crippen LogP contribution in [0.5, 0.6) is 0 Å².